The lowest BCUT2D eigenvalue weighted by Gasteiger charge is -2.53. The van der Waals surface area contributed by atoms with Gasteiger partial charge in [-0.25, -0.2) is 0 Å². The minimum absolute atomic E-state index is 0.592. The number of para-hydroxylation sites is 4. The summed E-state index contributed by atoms with van der Waals surface area (Å²) in [5.41, 5.74) is 11.4. The molecule has 3 heterocycles. The maximum Gasteiger partial charge on any atom is 0.133 e. The molecule has 3 aliphatic rings. The maximum atomic E-state index is 7.37. The SMILES string of the molecule is CC12CC=CC=C1C1(c3ccccc3Oc3cc(-c4ccccc4)ccc31)c1cccc(-c3ccc4c(c3)c3ccccc3n4-c3ccccc3)c1O2. The van der Waals surface area contributed by atoms with E-state index in [4.69, 9.17) is 9.47 Å². The summed E-state index contributed by atoms with van der Waals surface area (Å²) in [6, 6.07) is 58.8. The van der Waals surface area contributed by atoms with Crippen LogP contribution >= 0.6 is 0 Å². The van der Waals surface area contributed by atoms with E-state index < -0.39 is 11.0 Å². The Balaban J connectivity index is 1.19. The van der Waals surface area contributed by atoms with Gasteiger partial charge < -0.3 is 14.0 Å². The van der Waals surface area contributed by atoms with Gasteiger partial charge in [0.05, 0.1) is 16.4 Å². The third kappa shape index (κ3) is 4.22. The predicted molar refractivity (Wildman–Crippen MR) is 215 cm³/mol. The first kappa shape index (κ1) is 30.1. The first-order chi connectivity index (χ1) is 26.1. The molecule has 11 rings (SSSR count). The van der Waals surface area contributed by atoms with Crippen LogP contribution in [0.15, 0.2) is 188 Å². The number of allylic oxidation sites excluding steroid dienone is 2. The summed E-state index contributed by atoms with van der Waals surface area (Å²) in [5.74, 6) is 2.66. The highest BCUT2D eigenvalue weighted by Crippen LogP contribution is 2.64. The Bertz CT molecular complexity index is 2830. The topological polar surface area (TPSA) is 23.4 Å². The zero-order valence-electron chi connectivity index (χ0n) is 29.3. The minimum atomic E-state index is -0.643. The van der Waals surface area contributed by atoms with Crippen molar-refractivity contribution in [1.29, 1.82) is 0 Å². The van der Waals surface area contributed by atoms with Crippen LogP contribution in [0.5, 0.6) is 17.2 Å². The predicted octanol–water partition coefficient (Wildman–Crippen LogP) is 12.6. The van der Waals surface area contributed by atoms with Crippen LogP contribution in [0.4, 0.5) is 0 Å². The van der Waals surface area contributed by atoms with Crippen molar-refractivity contribution < 1.29 is 9.47 Å². The molecule has 0 radical (unpaired) electrons. The van der Waals surface area contributed by atoms with Crippen molar-refractivity contribution in [2.45, 2.75) is 24.4 Å². The molecule has 0 bridgehead atoms. The lowest BCUT2D eigenvalue weighted by atomic mass is 9.56. The molecule has 3 nitrogen and oxygen atoms in total. The molecule has 2 aliphatic heterocycles. The van der Waals surface area contributed by atoms with Crippen LogP contribution in [0.3, 0.4) is 0 Å². The molecule has 2 atom stereocenters. The average Bonchev–Trinajstić information content (AvgIpc) is 3.54. The first-order valence-electron chi connectivity index (χ1n) is 18.4. The zero-order chi connectivity index (χ0) is 35.1. The Kier molecular flexibility index (Phi) is 6.36. The van der Waals surface area contributed by atoms with Crippen LogP contribution in [-0.4, -0.2) is 10.2 Å². The van der Waals surface area contributed by atoms with Crippen LogP contribution in [0.1, 0.15) is 30.0 Å². The van der Waals surface area contributed by atoms with E-state index in [1.165, 1.54) is 27.4 Å². The lowest BCUT2D eigenvalue weighted by Crippen LogP contribution is -2.51. The van der Waals surface area contributed by atoms with E-state index in [1.807, 2.05) is 0 Å². The molecule has 0 N–H and O–H groups in total. The fourth-order valence-electron chi connectivity index (χ4n) is 9.33. The highest BCUT2D eigenvalue weighted by molar-refractivity contribution is 6.10. The largest absolute Gasteiger partial charge is 0.482 e. The number of fused-ring (bicyclic) bond motifs is 11. The quantitative estimate of drug-likeness (QED) is 0.185. The van der Waals surface area contributed by atoms with Crippen molar-refractivity contribution in [3.63, 3.8) is 0 Å². The summed E-state index contributed by atoms with van der Waals surface area (Å²) < 4.78 is 16.6. The molecule has 0 saturated heterocycles. The van der Waals surface area contributed by atoms with Crippen molar-refractivity contribution in [2.75, 3.05) is 0 Å². The molecule has 3 heteroatoms. The fraction of sp³-hybridized carbons (Fsp3) is 0.0800. The summed E-state index contributed by atoms with van der Waals surface area (Å²) in [6.07, 6.45) is 7.49. The molecule has 2 unspecified atom stereocenters. The van der Waals surface area contributed by atoms with E-state index in [9.17, 15) is 0 Å². The molecule has 8 aromatic rings. The Morgan fingerprint density at radius 2 is 1.26 bits per heavy atom. The third-order valence-corrected chi connectivity index (χ3v) is 11.6. The normalized spacial score (nSPS) is 19.5. The van der Waals surface area contributed by atoms with E-state index in [-0.39, 0.29) is 0 Å². The number of rotatable bonds is 3. The van der Waals surface area contributed by atoms with Gasteiger partial charge in [-0.15, -0.1) is 0 Å². The number of hydrogen-bond acceptors (Lipinski definition) is 2. The van der Waals surface area contributed by atoms with Gasteiger partial charge in [-0.2, -0.15) is 0 Å². The fourth-order valence-corrected chi connectivity index (χ4v) is 9.33. The molecular weight excluding hydrogens is 647 g/mol. The molecule has 53 heavy (non-hydrogen) atoms. The average molecular weight is 682 g/mol. The number of nitrogens with zero attached hydrogens (tertiary/aromatic N) is 1. The van der Waals surface area contributed by atoms with Crippen LogP contribution in [0.25, 0.3) is 49.7 Å². The molecular formula is C50H35NO2. The van der Waals surface area contributed by atoms with Gasteiger partial charge in [0.25, 0.3) is 0 Å². The summed E-state index contributed by atoms with van der Waals surface area (Å²) in [5, 5.41) is 2.44. The molecule has 7 aromatic carbocycles. The van der Waals surface area contributed by atoms with E-state index in [0.717, 1.165) is 68.3 Å². The number of aromatic nitrogens is 1. The highest BCUT2D eigenvalue weighted by Gasteiger charge is 2.57. The van der Waals surface area contributed by atoms with Crippen LogP contribution < -0.4 is 9.47 Å². The molecule has 1 aliphatic carbocycles. The Morgan fingerprint density at radius 3 is 2.15 bits per heavy atom. The minimum Gasteiger partial charge on any atom is -0.482 e. The second kappa shape index (κ2) is 11.2. The lowest BCUT2D eigenvalue weighted by molar-refractivity contribution is 0.101. The van der Waals surface area contributed by atoms with Crippen molar-refractivity contribution in [2.24, 2.45) is 0 Å². The van der Waals surface area contributed by atoms with Gasteiger partial charge in [-0.1, -0.05) is 140 Å². The van der Waals surface area contributed by atoms with Crippen molar-refractivity contribution >= 4 is 21.8 Å². The van der Waals surface area contributed by atoms with Crippen LogP contribution in [0.2, 0.25) is 0 Å². The maximum absolute atomic E-state index is 7.37. The molecule has 0 amide bonds. The van der Waals surface area contributed by atoms with Gasteiger partial charge in [0.2, 0.25) is 0 Å². The summed E-state index contributed by atoms with van der Waals surface area (Å²) in [7, 11) is 0. The third-order valence-electron chi connectivity index (χ3n) is 11.6. The number of benzene rings is 7. The highest BCUT2D eigenvalue weighted by atomic mass is 16.5. The molecule has 0 saturated carbocycles. The summed E-state index contributed by atoms with van der Waals surface area (Å²) >= 11 is 0. The van der Waals surface area contributed by atoms with Gasteiger partial charge >= 0.3 is 0 Å². The van der Waals surface area contributed by atoms with E-state index >= 15 is 0 Å². The van der Waals surface area contributed by atoms with Gasteiger partial charge in [0.1, 0.15) is 22.8 Å². The van der Waals surface area contributed by atoms with Crippen LogP contribution in [-0.2, 0) is 5.41 Å². The van der Waals surface area contributed by atoms with Gasteiger partial charge in [0.15, 0.2) is 0 Å². The van der Waals surface area contributed by atoms with Gasteiger partial charge in [-0.05, 0) is 71.7 Å². The van der Waals surface area contributed by atoms with Crippen molar-refractivity contribution in [3.8, 4) is 45.2 Å². The monoisotopic (exact) mass is 681 g/mol. The molecule has 252 valence electrons. The van der Waals surface area contributed by atoms with Crippen molar-refractivity contribution in [3.05, 3.63) is 204 Å². The Hall–Kier alpha value is -6.58. The zero-order valence-corrected chi connectivity index (χ0v) is 29.3. The smallest absolute Gasteiger partial charge is 0.133 e. The second-order valence-electron chi connectivity index (χ2n) is 14.6. The Labute approximate surface area is 308 Å². The van der Waals surface area contributed by atoms with Crippen LogP contribution in [0, 0.1) is 0 Å². The first-order valence-corrected chi connectivity index (χ1v) is 18.4. The van der Waals surface area contributed by atoms with Gasteiger partial charge in [0, 0.05) is 45.1 Å². The van der Waals surface area contributed by atoms with E-state index in [1.54, 1.807) is 0 Å². The molecule has 1 spiro atoms. The molecule has 0 fully saturated rings. The van der Waals surface area contributed by atoms with E-state index in [0.29, 0.717) is 0 Å². The number of hydrogen-bond donors (Lipinski definition) is 0. The number of ether oxygens (including phenoxy) is 2. The second-order valence-corrected chi connectivity index (χ2v) is 14.6. The Morgan fingerprint density at radius 1 is 0.547 bits per heavy atom. The summed E-state index contributed by atoms with van der Waals surface area (Å²) in [4.78, 5) is 0. The molecule has 1 aromatic heterocycles. The van der Waals surface area contributed by atoms with E-state index in [2.05, 4.69) is 194 Å². The van der Waals surface area contributed by atoms with Gasteiger partial charge in [-0.3, -0.25) is 0 Å². The standard InChI is InChI=1S/C50H35NO2/c1-49-30-13-12-25-47(49)50(40-21-9-11-24-45(40)52-46-32-34(26-28-41(46)50)33-15-4-2-5-16-33)42-22-14-20-37(48(42)53-49)35-27-29-44-39(31-35)38-19-8-10-23-43(38)51(44)36-17-6-3-7-18-36/h2-29,31-32H,30H2,1H3. The summed E-state index contributed by atoms with van der Waals surface area (Å²) in [6.45, 7) is 2.26. The van der Waals surface area contributed by atoms with Crippen molar-refractivity contribution in [1.82, 2.24) is 4.57 Å².